The van der Waals surface area contributed by atoms with Crippen molar-refractivity contribution in [3.8, 4) is 0 Å². The van der Waals surface area contributed by atoms with Crippen LogP contribution in [0.3, 0.4) is 0 Å². The van der Waals surface area contributed by atoms with Crippen molar-refractivity contribution in [2.45, 2.75) is 32.7 Å². The average Bonchev–Trinajstić information content (AvgIpc) is 2.98. The molecule has 3 rings (SSSR count). The number of aryl methyl sites for hydroxylation is 1. The highest BCUT2D eigenvalue weighted by molar-refractivity contribution is 5.86. The van der Waals surface area contributed by atoms with Crippen LogP contribution in [-0.4, -0.2) is 43.4 Å². The number of nitrogens with one attached hydrogen (secondary N) is 2. The second-order valence-corrected chi connectivity index (χ2v) is 6.37. The number of benzene rings is 1. The number of fused-ring (bicyclic) bond motifs is 1. The summed E-state index contributed by atoms with van der Waals surface area (Å²) in [6.45, 7) is 4.57. The Morgan fingerprint density at radius 1 is 1.20 bits per heavy atom. The summed E-state index contributed by atoms with van der Waals surface area (Å²) in [5, 5.41) is 7.44. The van der Waals surface area contributed by atoms with E-state index in [-0.39, 0.29) is 12.5 Å². The van der Waals surface area contributed by atoms with Crippen molar-refractivity contribution in [3.05, 3.63) is 35.6 Å². The normalized spacial score (nSPS) is 15.4. The van der Waals surface area contributed by atoms with Gasteiger partial charge in [-0.25, -0.2) is 0 Å². The van der Waals surface area contributed by atoms with Crippen LogP contribution in [0, 0.1) is 6.92 Å². The van der Waals surface area contributed by atoms with Gasteiger partial charge in [-0.2, -0.15) is 0 Å². The molecule has 134 valence electrons. The zero-order chi connectivity index (χ0) is 17.6. The van der Waals surface area contributed by atoms with Gasteiger partial charge in [0, 0.05) is 31.1 Å². The highest BCUT2D eigenvalue weighted by Crippen LogP contribution is 2.24. The Balaban J connectivity index is 1.53. The molecule has 25 heavy (non-hydrogen) atoms. The maximum Gasteiger partial charge on any atom is 0.241 e. The van der Waals surface area contributed by atoms with E-state index in [2.05, 4.69) is 28.6 Å². The first kappa shape index (κ1) is 17.3. The van der Waals surface area contributed by atoms with Gasteiger partial charge in [-0.15, -0.1) is 0 Å². The largest absolute Gasteiger partial charge is 0.459 e. The van der Waals surface area contributed by atoms with Crippen LogP contribution in [0.2, 0.25) is 0 Å². The summed E-state index contributed by atoms with van der Waals surface area (Å²) < 4.78 is 5.89. The molecule has 0 atom stereocenters. The Hall–Kier alpha value is -2.50. The fraction of sp³-hybridized carbons (Fsp3) is 0.474. The van der Waals surface area contributed by atoms with Crippen molar-refractivity contribution >= 4 is 22.8 Å². The van der Waals surface area contributed by atoms with Gasteiger partial charge in [-0.05, 0) is 32.3 Å². The van der Waals surface area contributed by atoms with Gasteiger partial charge in [-0.1, -0.05) is 18.2 Å². The molecule has 6 heteroatoms. The van der Waals surface area contributed by atoms with Gasteiger partial charge in [0.15, 0.2) is 5.96 Å². The maximum absolute atomic E-state index is 12.2. The number of hydrogen-bond acceptors (Lipinski definition) is 3. The summed E-state index contributed by atoms with van der Waals surface area (Å²) in [6.07, 6.45) is 3.42. The summed E-state index contributed by atoms with van der Waals surface area (Å²) >= 11 is 0. The van der Waals surface area contributed by atoms with Crippen molar-refractivity contribution in [2.24, 2.45) is 4.99 Å². The number of hydrogen-bond donors (Lipinski definition) is 2. The Morgan fingerprint density at radius 3 is 2.68 bits per heavy atom. The molecule has 0 aliphatic carbocycles. The summed E-state index contributed by atoms with van der Waals surface area (Å²) in [7, 11) is 1.70. The van der Waals surface area contributed by atoms with Crippen molar-refractivity contribution in [3.63, 3.8) is 0 Å². The van der Waals surface area contributed by atoms with E-state index < -0.39 is 0 Å². The molecule has 0 spiro atoms. The van der Waals surface area contributed by atoms with E-state index in [1.807, 2.05) is 23.1 Å². The first-order valence-corrected chi connectivity index (χ1v) is 8.88. The Morgan fingerprint density at radius 2 is 1.96 bits per heavy atom. The molecule has 2 N–H and O–H groups in total. The van der Waals surface area contributed by atoms with Gasteiger partial charge in [0.25, 0.3) is 0 Å². The summed E-state index contributed by atoms with van der Waals surface area (Å²) in [6, 6.07) is 8.00. The fourth-order valence-electron chi connectivity index (χ4n) is 3.19. The molecule has 1 aromatic heterocycles. The molecule has 1 fully saturated rings. The molecule has 0 bridgehead atoms. The lowest BCUT2D eigenvalue weighted by molar-refractivity contribution is -0.130. The van der Waals surface area contributed by atoms with Crippen LogP contribution in [0.5, 0.6) is 0 Å². The van der Waals surface area contributed by atoms with Crippen molar-refractivity contribution in [1.29, 1.82) is 0 Å². The van der Waals surface area contributed by atoms with Gasteiger partial charge in [0.05, 0.1) is 13.1 Å². The van der Waals surface area contributed by atoms with Crippen LogP contribution < -0.4 is 10.6 Å². The van der Waals surface area contributed by atoms with Crippen LogP contribution in [0.4, 0.5) is 0 Å². The van der Waals surface area contributed by atoms with Crippen LogP contribution in [-0.2, 0) is 11.3 Å². The standard InChI is InChI=1S/C19H26N4O2/c1-14-15-8-4-5-9-16(15)25-17(14)12-21-19(20-2)22-13-18(24)23-10-6-3-7-11-23/h4-5,8-9H,3,6-7,10-13H2,1-2H3,(H2,20,21,22). The SMILES string of the molecule is CN=C(NCC(=O)N1CCCCC1)NCc1oc2ccccc2c1C. The number of furan rings is 1. The molecule has 0 unspecified atom stereocenters. The van der Waals surface area contributed by atoms with Crippen molar-refractivity contribution in [1.82, 2.24) is 15.5 Å². The van der Waals surface area contributed by atoms with E-state index in [0.717, 1.165) is 48.2 Å². The maximum atomic E-state index is 12.2. The predicted molar refractivity (Wildman–Crippen MR) is 99.6 cm³/mol. The summed E-state index contributed by atoms with van der Waals surface area (Å²) in [5.74, 6) is 1.61. The minimum absolute atomic E-state index is 0.127. The lowest BCUT2D eigenvalue weighted by atomic mass is 10.1. The van der Waals surface area contributed by atoms with Gasteiger partial charge >= 0.3 is 0 Å². The number of guanidine groups is 1. The topological polar surface area (TPSA) is 69.9 Å². The molecule has 1 aliphatic rings. The zero-order valence-electron chi connectivity index (χ0n) is 15.0. The van der Waals surface area contributed by atoms with Crippen molar-refractivity contribution in [2.75, 3.05) is 26.7 Å². The number of piperidine rings is 1. The summed E-state index contributed by atoms with van der Waals surface area (Å²) in [4.78, 5) is 18.3. The fourth-order valence-corrected chi connectivity index (χ4v) is 3.19. The molecular formula is C19H26N4O2. The molecule has 1 aromatic carbocycles. The van der Waals surface area contributed by atoms with E-state index in [1.54, 1.807) is 7.05 Å². The number of carbonyl (C=O) groups is 1. The molecule has 1 aliphatic heterocycles. The Bertz CT molecular complexity index is 760. The molecule has 0 saturated carbocycles. The zero-order valence-corrected chi connectivity index (χ0v) is 15.0. The number of para-hydroxylation sites is 1. The van der Waals surface area contributed by atoms with Crippen LogP contribution in [0.25, 0.3) is 11.0 Å². The van der Waals surface area contributed by atoms with Gasteiger partial charge in [0.1, 0.15) is 11.3 Å². The highest BCUT2D eigenvalue weighted by atomic mass is 16.3. The predicted octanol–water partition coefficient (Wildman–Crippen LogP) is 2.42. The monoisotopic (exact) mass is 342 g/mol. The molecule has 1 saturated heterocycles. The summed E-state index contributed by atoms with van der Waals surface area (Å²) in [5.41, 5.74) is 2.02. The molecular weight excluding hydrogens is 316 g/mol. The highest BCUT2D eigenvalue weighted by Gasteiger charge is 2.16. The van der Waals surface area contributed by atoms with E-state index in [1.165, 1.54) is 6.42 Å². The first-order chi connectivity index (χ1) is 12.2. The Labute approximate surface area is 148 Å². The Kier molecular flexibility index (Phi) is 5.58. The minimum atomic E-state index is 0.127. The third-order valence-corrected chi connectivity index (χ3v) is 4.70. The van der Waals surface area contributed by atoms with Crippen LogP contribution in [0.1, 0.15) is 30.6 Å². The second kappa shape index (κ2) is 8.05. The lowest BCUT2D eigenvalue weighted by Crippen LogP contribution is -2.45. The number of carbonyl (C=O) groups excluding carboxylic acids is 1. The molecule has 2 aromatic rings. The van der Waals surface area contributed by atoms with E-state index in [0.29, 0.717) is 12.5 Å². The van der Waals surface area contributed by atoms with E-state index >= 15 is 0 Å². The molecule has 0 radical (unpaired) electrons. The first-order valence-electron chi connectivity index (χ1n) is 8.88. The third kappa shape index (κ3) is 4.13. The number of amides is 1. The van der Waals surface area contributed by atoms with Crippen molar-refractivity contribution < 1.29 is 9.21 Å². The minimum Gasteiger partial charge on any atom is -0.459 e. The van der Waals surface area contributed by atoms with Gasteiger partial charge in [-0.3, -0.25) is 9.79 Å². The average molecular weight is 342 g/mol. The molecule has 6 nitrogen and oxygen atoms in total. The number of likely N-dealkylation sites (tertiary alicyclic amines) is 1. The number of aliphatic imine (C=N–C) groups is 1. The smallest absolute Gasteiger partial charge is 0.241 e. The number of rotatable bonds is 4. The van der Waals surface area contributed by atoms with E-state index in [4.69, 9.17) is 4.42 Å². The molecule has 1 amide bonds. The second-order valence-electron chi connectivity index (χ2n) is 6.37. The van der Waals surface area contributed by atoms with E-state index in [9.17, 15) is 4.79 Å². The van der Waals surface area contributed by atoms with Gasteiger partial charge in [0.2, 0.25) is 5.91 Å². The quantitative estimate of drug-likeness (QED) is 0.661. The number of nitrogens with zero attached hydrogens (tertiary/aromatic N) is 2. The molecule has 2 heterocycles. The van der Waals surface area contributed by atoms with Crippen LogP contribution in [0.15, 0.2) is 33.7 Å². The van der Waals surface area contributed by atoms with Gasteiger partial charge < -0.3 is 20.0 Å². The lowest BCUT2D eigenvalue weighted by Gasteiger charge is -2.27. The third-order valence-electron chi connectivity index (χ3n) is 4.70. The van der Waals surface area contributed by atoms with Crippen LogP contribution >= 0.6 is 0 Å².